The van der Waals surface area contributed by atoms with Crippen molar-refractivity contribution in [3.63, 3.8) is 0 Å². The van der Waals surface area contributed by atoms with Gasteiger partial charge in [-0.05, 0) is 54.1 Å². The Labute approximate surface area is 240 Å². The minimum atomic E-state index is -2.02. The van der Waals surface area contributed by atoms with Crippen molar-refractivity contribution in [3.05, 3.63) is 130 Å². The van der Waals surface area contributed by atoms with Crippen molar-refractivity contribution < 1.29 is 18.7 Å². The number of aliphatic hydroxyl groups is 1. The van der Waals surface area contributed by atoms with Crippen molar-refractivity contribution in [3.8, 4) is 5.69 Å². The summed E-state index contributed by atoms with van der Waals surface area (Å²) in [7, 11) is 0. The molecule has 1 unspecified atom stereocenters. The molecule has 0 aliphatic rings. The van der Waals surface area contributed by atoms with Gasteiger partial charge < -0.3 is 10.4 Å². The Kier molecular flexibility index (Phi) is 7.99. The third kappa shape index (κ3) is 6.53. The van der Waals surface area contributed by atoms with Gasteiger partial charge in [-0.25, -0.2) is 32.5 Å². The summed E-state index contributed by atoms with van der Waals surface area (Å²) in [6.45, 7) is -0.737. The maximum Gasteiger partial charge on any atom is 0.350 e. The highest BCUT2D eigenvalue weighted by Gasteiger charge is 2.35. The summed E-state index contributed by atoms with van der Waals surface area (Å²) in [4.78, 5) is 29.3. The second-order valence-corrected chi connectivity index (χ2v) is 10.0. The number of carbonyl (C=O) groups is 1. The second-order valence-electron chi connectivity index (χ2n) is 9.11. The molecule has 1 amide bonds. The van der Waals surface area contributed by atoms with E-state index in [0.29, 0.717) is 17.4 Å². The van der Waals surface area contributed by atoms with Gasteiger partial charge in [-0.1, -0.05) is 34.1 Å². The molecule has 0 aliphatic carbocycles. The van der Waals surface area contributed by atoms with E-state index in [2.05, 4.69) is 36.4 Å². The number of nitrogens with zero attached hydrogens (tertiary/aromatic N) is 6. The predicted molar refractivity (Wildman–Crippen MR) is 150 cm³/mol. The Morgan fingerprint density at radius 2 is 1.76 bits per heavy atom. The minimum Gasteiger partial charge on any atom is -0.381 e. The molecule has 10 nitrogen and oxygen atoms in total. The van der Waals surface area contributed by atoms with Gasteiger partial charge in [0.25, 0.3) is 0 Å². The van der Waals surface area contributed by atoms with Gasteiger partial charge in [0.05, 0.1) is 18.8 Å². The first-order valence-corrected chi connectivity index (χ1v) is 13.0. The molecule has 2 N–H and O–H groups in total. The molecule has 0 bridgehead atoms. The van der Waals surface area contributed by atoms with Crippen LogP contribution in [0.4, 0.5) is 14.5 Å². The Hall–Kier alpha value is -4.75. The van der Waals surface area contributed by atoms with Crippen LogP contribution in [-0.4, -0.2) is 40.1 Å². The van der Waals surface area contributed by atoms with E-state index >= 15 is 0 Å². The number of amides is 1. The van der Waals surface area contributed by atoms with Crippen molar-refractivity contribution in [2.45, 2.75) is 18.7 Å². The molecule has 0 radical (unpaired) electrons. The molecule has 3 aromatic carbocycles. The molecule has 0 fully saturated rings. The fraction of sp³-hybridized carbons (Fsp3) is 0.107. The molecule has 2 heterocycles. The summed E-state index contributed by atoms with van der Waals surface area (Å²) < 4.78 is 32.7. The van der Waals surface area contributed by atoms with Gasteiger partial charge in [-0.15, -0.1) is 0 Å². The molecule has 0 saturated carbocycles. The molecule has 2 aromatic heterocycles. The van der Waals surface area contributed by atoms with Crippen LogP contribution >= 0.6 is 15.9 Å². The van der Waals surface area contributed by atoms with Gasteiger partial charge in [-0.2, -0.15) is 10.2 Å². The lowest BCUT2D eigenvalue weighted by molar-refractivity contribution is -0.111. The summed E-state index contributed by atoms with van der Waals surface area (Å²) in [6, 6.07) is 16.7. The van der Waals surface area contributed by atoms with Crippen molar-refractivity contribution in [1.29, 1.82) is 0 Å². The molecule has 208 valence electrons. The summed E-state index contributed by atoms with van der Waals surface area (Å²) in [5.41, 5.74) is -1.05. The zero-order valence-electron chi connectivity index (χ0n) is 21.2. The largest absolute Gasteiger partial charge is 0.381 e. The molecule has 5 rings (SSSR count). The summed E-state index contributed by atoms with van der Waals surface area (Å²) in [6.07, 6.45) is 6.92. The molecule has 0 saturated heterocycles. The summed E-state index contributed by atoms with van der Waals surface area (Å²) in [5, 5.41) is 22.3. The van der Waals surface area contributed by atoms with E-state index < -0.39 is 29.5 Å². The van der Waals surface area contributed by atoms with E-state index in [9.17, 15) is 23.5 Å². The number of halogens is 3. The van der Waals surface area contributed by atoms with Crippen LogP contribution in [-0.2, 0) is 23.5 Å². The number of hydrogen-bond donors (Lipinski definition) is 2. The first kappa shape index (κ1) is 27.8. The lowest BCUT2D eigenvalue weighted by Gasteiger charge is -2.28. The number of nitrogens with one attached hydrogen (secondary N) is 1. The molecule has 0 aliphatic heterocycles. The van der Waals surface area contributed by atoms with E-state index in [-0.39, 0.29) is 18.0 Å². The molecular weight excluding hydrogens is 600 g/mol. The van der Waals surface area contributed by atoms with Gasteiger partial charge in [0.1, 0.15) is 36.2 Å². The fourth-order valence-corrected chi connectivity index (χ4v) is 4.44. The molecular formula is C28H22BrF2N7O3. The number of rotatable bonds is 9. The van der Waals surface area contributed by atoms with Crippen LogP contribution in [0.2, 0.25) is 0 Å². The Balaban J connectivity index is 1.33. The van der Waals surface area contributed by atoms with Crippen molar-refractivity contribution in [2.75, 3.05) is 5.32 Å². The van der Waals surface area contributed by atoms with Gasteiger partial charge >= 0.3 is 5.69 Å². The van der Waals surface area contributed by atoms with E-state index in [1.165, 1.54) is 34.3 Å². The molecule has 0 spiro atoms. The third-order valence-electron chi connectivity index (χ3n) is 6.18. The zero-order chi connectivity index (χ0) is 29.0. The maximum atomic E-state index is 14.7. The Morgan fingerprint density at radius 3 is 2.44 bits per heavy atom. The normalized spacial score (nSPS) is 12.9. The van der Waals surface area contributed by atoms with E-state index in [1.807, 2.05) is 24.3 Å². The van der Waals surface area contributed by atoms with Crippen LogP contribution in [0.3, 0.4) is 0 Å². The average Bonchev–Trinajstić information content (AvgIpc) is 3.58. The number of carbonyl (C=O) groups excluding carboxylic acids is 1. The predicted octanol–water partition coefficient (Wildman–Crippen LogP) is 3.91. The highest BCUT2D eigenvalue weighted by Crippen LogP contribution is 2.28. The lowest BCUT2D eigenvalue weighted by Crippen LogP contribution is -2.41. The molecule has 41 heavy (non-hydrogen) atoms. The number of anilines is 1. The monoisotopic (exact) mass is 621 g/mol. The summed E-state index contributed by atoms with van der Waals surface area (Å²) in [5.74, 6) is -2.12. The van der Waals surface area contributed by atoms with Gasteiger partial charge in [-0.3, -0.25) is 4.79 Å². The van der Waals surface area contributed by atoms with Crippen LogP contribution in [0.5, 0.6) is 0 Å². The maximum absolute atomic E-state index is 14.7. The molecule has 1 atom stereocenters. The SMILES string of the molecule is O=C(/C=C/c1ccc(Br)cc1)Nc1ccc(-n2cnn(CC(O)(Cn3cncn3)c3ccc(F)cc3F)c2=O)cc1. The van der Waals surface area contributed by atoms with Crippen molar-refractivity contribution >= 4 is 33.6 Å². The molecule has 5 aromatic rings. The Morgan fingerprint density at radius 1 is 1.00 bits per heavy atom. The van der Waals surface area contributed by atoms with E-state index in [4.69, 9.17) is 0 Å². The zero-order valence-corrected chi connectivity index (χ0v) is 22.8. The number of benzene rings is 3. The standard InChI is InChI=1S/C28H22BrF2N7O3/c29-20-4-1-19(2-5-20)3-12-26(39)35-22-7-9-23(10-8-22)37-18-34-38(27(37)40)15-28(41,14-36-17-32-16-33-36)24-11-6-21(30)13-25(24)31/h1-13,16-18,41H,14-15H2,(H,35,39)/b12-3+. The highest BCUT2D eigenvalue weighted by atomic mass is 79.9. The average molecular weight is 622 g/mol. The van der Waals surface area contributed by atoms with Crippen LogP contribution < -0.4 is 11.0 Å². The highest BCUT2D eigenvalue weighted by molar-refractivity contribution is 9.10. The van der Waals surface area contributed by atoms with Crippen LogP contribution in [0.15, 0.2) is 101 Å². The van der Waals surface area contributed by atoms with Crippen LogP contribution in [0, 0.1) is 11.6 Å². The lowest BCUT2D eigenvalue weighted by atomic mass is 9.93. The number of aromatic nitrogens is 6. The first-order valence-electron chi connectivity index (χ1n) is 12.2. The fourth-order valence-electron chi connectivity index (χ4n) is 4.18. The third-order valence-corrected chi connectivity index (χ3v) is 6.71. The number of hydrogen-bond acceptors (Lipinski definition) is 6. The van der Waals surface area contributed by atoms with Gasteiger partial charge in [0.2, 0.25) is 5.91 Å². The topological polar surface area (TPSA) is 120 Å². The summed E-state index contributed by atoms with van der Waals surface area (Å²) >= 11 is 3.36. The van der Waals surface area contributed by atoms with Gasteiger partial charge in [0.15, 0.2) is 0 Å². The van der Waals surface area contributed by atoms with Gasteiger partial charge in [0, 0.05) is 27.9 Å². The van der Waals surface area contributed by atoms with Crippen molar-refractivity contribution in [1.82, 2.24) is 29.1 Å². The van der Waals surface area contributed by atoms with E-state index in [0.717, 1.165) is 26.9 Å². The first-order chi connectivity index (χ1) is 19.7. The smallest absolute Gasteiger partial charge is 0.350 e. The Bertz CT molecular complexity index is 1750. The second kappa shape index (κ2) is 11.8. The molecule has 13 heteroatoms. The van der Waals surface area contributed by atoms with Crippen LogP contribution in [0.1, 0.15) is 11.1 Å². The van der Waals surface area contributed by atoms with Crippen LogP contribution in [0.25, 0.3) is 11.8 Å². The van der Waals surface area contributed by atoms with E-state index in [1.54, 1.807) is 30.3 Å². The van der Waals surface area contributed by atoms with Crippen molar-refractivity contribution in [2.24, 2.45) is 0 Å². The quantitative estimate of drug-likeness (QED) is 0.241. The minimum absolute atomic E-state index is 0.231.